The minimum absolute atomic E-state index is 0.104. The smallest absolute Gasteiger partial charge is 0.317 e. The van der Waals surface area contributed by atoms with E-state index in [1.807, 2.05) is 24.3 Å². The number of amides is 2. The molecule has 3 rings (SSSR count). The Bertz CT molecular complexity index is 779. The number of piperazine rings is 1. The van der Waals surface area contributed by atoms with E-state index in [4.69, 9.17) is 16.3 Å². The number of nitrogens with zero attached hydrogens (tertiary/aromatic N) is 2. The van der Waals surface area contributed by atoms with Gasteiger partial charge in [0.25, 0.3) is 0 Å². The summed E-state index contributed by atoms with van der Waals surface area (Å²) in [6.07, 6.45) is 0. The summed E-state index contributed by atoms with van der Waals surface area (Å²) in [6.45, 7) is 2.93. The molecule has 0 saturated carbocycles. The summed E-state index contributed by atoms with van der Waals surface area (Å²) in [5.41, 5.74) is 1.80. The second kappa shape index (κ2) is 8.27. The highest BCUT2D eigenvalue weighted by Crippen LogP contribution is 2.23. The van der Waals surface area contributed by atoms with Gasteiger partial charge >= 0.3 is 6.03 Å². The number of anilines is 1. The van der Waals surface area contributed by atoms with Gasteiger partial charge in [-0.05, 0) is 24.3 Å². The summed E-state index contributed by atoms with van der Waals surface area (Å²) in [7, 11) is 1.61. The fourth-order valence-electron chi connectivity index (χ4n) is 2.98. The van der Waals surface area contributed by atoms with Crippen molar-refractivity contribution in [2.45, 2.75) is 6.54 Å². The van der Waals surface area contributed by atoms with E-state index in [0.717, 1.165) is 17.0 Å². The van der Waals surface area contributed by atoms with E-state index in [0.29, 0.717) is 32.7 Å². The molecule has 2 aromatic carbocycles. The lowest BCUT2D eigenvalue weighted by atomic mass is 10.2. The molecule has 0 radical (unpaired) electrons. The topological polar surface area (TPSA) is 44.8 Å². The standard InChI is InChI=1S/C19H21ClFN3O2/c1-26-18-5-3-2-4-14(18)13-22-19(25)24-10-8-23(9-11-24)15-6-7-17(21)16(20)12-15/h2-7,12H,8-11,13H2,1H3,(H,22,25). The van der Waals surface area contributed by atoms with Crippen LogP contribution in [0.3, 0.4) is 0 Å². The lowest BCUT2D eigenvalue weighted by molar-refractivity contribution is 0.194. The first-order valence-electron chi connectivity index (χ1n) is 8.43. The molecule has 0 atom stereocenters. The number of benzene rings is 2. The molecule has 138 valence electrons. The Hall–Kier alpha value is -2.47. The average Bonchev–Trinajstić information content (AvgIpc) is 2.68. The molecule has 2 amide bonds. The van der Waals surface area contributed by atoms with Crippen LogP contribution in [0.2, 0.25) is 5.02 Å². The van der Waals surface area contributed by atoms with Crippen molar-refractivity contribution in [1.29, 1.82) is 0 Å². The Balaban J connectivity index is 1.52. The molecule has 0 bridgehead atoms. The molecular weight excluding hydrogens is 357 g/mol. The van der Waals surface area contributed by atoms with E-state index < -0.39 is 5.82 Å². The van der Waals surface area contributed by atoms with E-state index in [1.165, 1.54) is 6.07 Å². The zero-order chi connectivity index (χ0) is 18.5. The summed E-state index contributed by atoms with van der Waals surface area (Å²) < 4.78 is 18.6. The molecule has 1 N–H and O–H groups in total. The molecule has 0 aliphatic carbocycles. The number of hydrogen-bond acceptors (Lipinski definition) is 3. The van der Waals surface area contributed by atoms with E-state index in [-0.39, 0.29) is 11.1 Å². The van der Waals surface area contributed by atoms with Gasteiger partial charge in [-0.1, -0.05) is 29.8 Å². The van der Waals surface area contributed by atoms with Gasteiger partial charge in [0, 0.05) is 44.0 Å². The molecule has 5 nitrogen and oxygen atoms in total. The zero-order valence-electron chi connectivity index (χ0n) is 14.5. The molecule has 7 heteroatoms. The minimum Gasteiger partial charge on any atom is -0.496 e. The predicted octanol–water partition coefficient (Wildman–Crippen LogP) is 3.52. The molecule has 0 unspecified atom stereocenters. The summed E-state index contributed by atoms with van der Waals surface area (Å²) in [5.74, 6) is 0.329. The van der Waals surface area contributed by atoms with Gasteiger partial charge in [-0.25, -0.2) is 9.18 Å². The van der Waals surface area contributed by atoms with E-state index in [9.17, 15) is 9.18 Å². The number of para-hydroxylation sites is 1. The predicted molar refractivity (Wildman–Crippen MR) is 100 cm³/mol. The second-order valence-corrected chi connectivity index (χ2v) is 6.45. The third kappa shape index (κ3) is 4.19. The maximum atomic E-state index is 13.3. The molecule has 26 heavy (non-hydrogen) atoms. The van der Waals surface area contributed by atoms with Crippen molar-refractivity contribution in [3.8, 4) is 5.75 Å². The van der Waals surface area contributed by atoms with Crippen molar-refractivity contribution in [3.05, 3.63) is 58.9 Å². The summed E-state index contributed by atoms with van der Waals surface area (Å²) in [5, 5.41) is 3.04. The van der Waals surface area contributed by atoms with Crippen LogP contribution in [0.5, 0.6) is 5.75 Å². The Morgan fingerprint density at radius 3 is 2.62 bits per heavy atom. The van der Waals surface area contributed by atoms with Crippen molar-refractivity contribution in [2.75, 3.05) is 38.2 Å². The van der Waals surface area contributed by atoms with E-state index >= 15 is 0 Å². The summed E-state index contributed by atoms with van der Waals surface area (Å²) in [6, 6.07) is 12.2. The van der Waals surface area contributed by atoms with Gasteiger partial charge in [0.15, 0.2) is 0 Å². The number of carbonyl (C=O) groups excluding carboxylic acids is 1. The van der Waals surface area contributed by atoms with Crippen molar-refractivity contribution in [1.82, 2.24) is 10.2 Å². The first kappa shape index (κ1) is 18.3. The third-order valence-electron chi connectivity index (χ3n) is 4.46. The Labute approximate surface area is 157 Å². The Morgan fingerprint density at radius 1 is 1.19 bits per heavy atom. The number of methoxy groups -OCH3 is 1. The first-order chi connectivity index (χ1) is 12.6. The van der Waals surface area contributed by atoms with Gasteiger partial charge in [0.05, 0.1) is 12.1 Å². The average molecular weight is 378 g/mol. The Kier molecular flexibility index (Phi) is 5.83. The SMILES string of the molecule is COc1ccccc1CNC(=O)N1CCN(c2ccc(F)c(Cl)c2)CC1. The molecule has 1 aliphatic heterocycles. The van der Waals surface area contributed by atoms with Crippen LogP contribution < -0.4 is 15.0 Å². The van der Waals surface area contributed by atoms with Gasteiger partial charge < -0.3 is 19.9 Å². The molecule has 1 fully saturated rings. The van der Waals surface area contributed by atoms with Gasteiger partial charge in [-0.15, -0.1) is 0 Å². The second-order valence-electron chi connectivity index (χ2n) is 6.04. The fourth-order valence-corrected chi connectivity index (χ4v) is 3.16. The quantitative estimate of drug-likeness (QED) is 0.886. The summed E-state index contributed by atoms with van der Waals surface area (Å²) in [4.78, 5) is 16.3. The van der Waals surface area contributed by atoms with Crippen LogP contribution in [0.15, 0.2) is 42.5 Å². The molecule has 1 aliphatic rings. The number of rotatable bonds is 4. The highest BCUT2D eigenvalue weighted by molar-refractivity contribution is 6.31. The maximum absolute atomic E-state index is 13.3. The number of carbonyl (C=O) groups is 1. The first-order valence-corrected chi connectivity index (χ1v) is 8.81. The zero-order valence-corrected chi connectivity index (χ0v) is 15.3. The fraction of sp³-hybridized carbons (Fsp3) is 0.316. The largest absolute Gasteiger partial charge is 0.496 e. The van der Waals surface area contributed by atoms with Crippen LogP contribution in [0.25, 0.3) is 0 Å². The number of ether oxygens (including phenoxy) is 1. The van der Waals surface area contributed by atoms with Gasteiger partial charge in [-0.3, -0.25) is 0 Å². The number of nitrogens with one attached hydrogen (secondary N) is 1. The van der Waals surface area contributed by atoms with Crippen LogP contribution in [-0.2, 0) is 6.54 Å². The lowest BCUT2D eigenvalue weighted by Crippen LogP contribution is -2.51. The molecule has 2 aromatic rings. The van der Waals surface area contributed by atoms with Crippen molar-refractivity contribution < 1.29 is 13.9 Å². The molecule has 1 saturated heterocycles. The minimum atomic E-state index is -0.426. The van der Waals surface area contributed by atoms with Crippen LogP contribution >= 0.6 is 11.6 Å². The molecule has 1 heterocycles. The van der Waals surface area contributed by atoms with Gasteiger partial charge in [-0.2, -0.15) is 0 Å². The van der Waals surface area contributed by atoms with Gasteiger partial charge in [0.1, 0.15) is 11.6 Å². The van der Waals surface area contributed by atoms with Crippen molar-refractivity contribution in [3.63, 3.8) is 0 Å². The monoisotopic (exact) mass is 377 g/mol. The molecule has 0 spiro atoms. The summed E-state index contributed by atoms with van der Waals surface area (Å²) >= 11 is 5.85. The van der Waals surface area contributed by atoms with E-state index in [2.05, 4.69) is 10.2 Å². The molecule has 0 aromatic heterocycles. The highest BCUT2D eigenvalue weighted by Gasteiger charge is 2.21. The van der Waals surface area contributed by atoms with Crippen LogP contribution in [0.1, 0.15) is 5.56 Å². The normalized spacial score (nSPS) is 14.3. The molecular formula is C19H21ClFN3O2. The third-order valence-corrected chi connectivity index (χ3v) is 4.75. The lowest BCUT2D eigenvalue weighted by Gasteiger charge is -2.36. The highest BCUT2D eigenvalue weighted by atomic mass is 35.5. The Morgan fingerprint density at radius 2 is 1.92 bits per heavy atom. The maximum Gasteiger partial charge on any atom is 0.317 e. The number of urea groups is 1. The van der Waals surface area contributed by atoms with Gasteiger partial charge in [0.2, 0.25) is 0 Å². The number of hydrogen-bond donors (Lipinski definition) is 1. The van der Waals surface area contributed by atoms with Crippen molar-refractivity contribution in [2.24, 2.45) is 0 Å². The van der Waals surface area contributed by atoms with Crippen molar-refractivity contribution >= 4 is 23.3 Å². The van der Waals surface area contributed by atoms with Crippen LogP contribution in [0.4, 0.5) is 14.9 Å². The number of halogens is 2. The van der Waals surface area contributed by atoms with E-state index in [1.54, 1.807) is 24.1 Å². The van der Waals surface area contributed by atoms with Crippen LogP contribution in [0, 0.1) is 5.82 Å². The van der Waals surface area contributed by atoms with Crippen LogP contribution in [-0.4, -0.2) is 44.2 Å².